The fourth-order valence-corrected chi connectivity index (χ4v) is 0.761. The predicted molar refractivity (Wildman–Crippen MR) is 34.1 cm³/mol. The van der Waals surface area contributed by atoms with Crippen LogP contribution < -0.4 is 21.2 Å². The summed E-state index contributed by atoms with van der Waals surface area (Å²) in [7, 11) is 1.79. The van der Waals surface area contributed by atoms with E-state index in [4.69, 9.17) is 0 Å². The number of hydrogen-bond donors (Lipinski definition) is 0. The minimum atomic E-state index is 0.302. The van der Waals surface area contributed by atoms with E-state index in [9.17, 15) is 0 Å². The zero-order valence-electron chi connectivity index (χ0n) is 5.48. The van der Waals surface area contributed by atoms with Gasteiger partial charge in [0.25, 0.3) is 0 Å². The molecule has 0 rings (SSSR count). The van der Waals surface area contributed by atoms with E-state index in [-0.39, 0.29) is 0 Å². The molecule has 0 amide bonds. The van der Waals surface area contributed by atoms with Gasteiger partial charge in [-0.25, -0.2) is 0 Å². The summed E-state index contributed by atoms with van der Waals surface area (Å²) < 4.78 is 1.48. The van der Waals surface area contributed by atoms with Gasteiger partial charge in [-0.05, 0) is 0 Å². The molecule has 48 valence electrons. The number of allylic oxidation sites excluding steroid dienone is 2. The predicted octanol–water partition coefficient (Wildman–Crippen LogP) is -1.69. The van der Waals surface area contributed by atoms with Crippen LogP contribution in [0.15, 0.2) is 14.6 Å². The Kier molecular flexibility index (Phi) is 5.37. The van der Waals surface area contributed by atoms with Crippen molar-refractivity contribution in [1.29, 1.82) is 0 Å². The van der Waals surface area contributed by atoms with Crippen molar-refractivity contribution >= 4 is 6.21 Å². The quantitative estimate of drug-likeness (QED) is 0.301. The molecule has 2 heteroatoms. The van der Waals surface area contributed by atoms with Crippen molar-refractivity contribution < 1.29 is 21.2 Å². The van der Waals surface area contributed by atoms with Gasteiger partial charge < -0.3 is 0 Å². The molecule has 0 aromatic carbocycles. The Balaban J connectivity index is 3.57. The van der Waals surface area contributed by atoms with Crippen LogP contribution in [0.25, 0.3) is 0 Å². The van der Waals surface area contributed by atoms with E-state index >= 15 is 0 Å². The third kappa shape index (κ3) is 4.30. The summed E-state index contributed by atoms with van der Waals surface area (Å²) in [5.74, 6) is 0. The molecule has 0 saturated heterocycles. The van der Waals surface area contributed by atoms with Gasteiger partial charge in [-0.2, -0.15) is 0 Å². The average molecular weight is 224 g/mol. The fourth-order valence-electron chi connectivity index (χ4n) is 0.240. The Morgan fingerprint density at radius 3 is 2.62 bits per heavy atom. The van der Waals surface area contributed by atoms with Crippen LogP contribution in [0.5, 0.6) is 0 Å². The monoisotopic (exact) mass is 224 g/mol. The normalized spacial score (nSPS) is 13.6. The van der Waals surface area contributed by atoms with E-state index < -0.39 is 0 Å². The van der Waals surface area contributed by atoms with Crippen LogP contribution in [0.4, 0.5) is 0 Å². The van der Waals surface area contributed by atoms with Crippen LogP contribution in [0.3, 0.4) is 0 Å². The van der Waals surface area contributed by atoms with Gasteiger partial charge in [-0.1, -0.05) is 0 Å². The molecule has 0 N–H and O–H groups in total. The minimum absolute atomic E-state index is 0.302. The van der Waals surface area contributed by atoms with Crippen LogP contribution in [-0.4, -0.2) is 18.2 Å². The van der Waals surface area contributed by atoms with Gasteiger partial charge in [0.2, 0.25) is 0 Å². The molecule has 0 radical (unpaired) electrons. The Bertz CT molecular complexity index is 105. The van der Waals surface area contributed by atoms with Crippen LogP contribution in [0.1, 0.15) is 6.92 Å². The van der Waals surface area contributed by atoms with Crippen LogP contribution in [0, 0.1) is 0 Å². The van der Waals surface area contributed by atoms with Crippen LogP contribution >= 0.6 is 0 Å². The van der Waals surface area contributed by atoms with Crippen molar-refractivity contribution in [1.82, 2.24) is 0 Å². The van der Waals surface area contributed by atoms with Crippen molar-refractivity contribution in [3.8, 4) is 0 Å². The molecule has 0 unspecified atom stereocenters. The number of alkyl halides is 1. The van der Waals surface area contributed by atoms with Gasteiger partial charge in [0.05, 0.1) is 0 Å². The van der Waals surface area contributed by atoms with Crippen molar-refractivity contribution in [3.05, 3.63) is 9.66 Å². The van der Waals surface area contributed by atoms with E-state index in [0.29, 0.717) is 21.2 Å². The Labute approximate surface area is 61.2 Å². The molecule has 0 bridgehead atoms. The second kappa shape index (κ2) is 5.28. The number of aliphatic imine (C=N–C) groups is 1. The second-order valence-corrected chi connectivity index (χ2v) is 4.13. The number of rotatable bonds is 2. The van der Waals surface area contributed by atoms with Crippen LogP contribution in [-0.2, 0) is 0 Å². The SMILES string of the molecule is CN=C/C=C(\C)[I-]C. The summed E-state index contributed by atoms with van der Waals surface area (Å²) in [5, 5.41) is 0. The molecule has 0 spiro atoms. The molecule has 0 aromatic rings. The van der Waals surface area contributed by atoms with Gasteiger partial charge in [0.1, 0.15) is 0 Å². The second-order valence-electron chi connectivity index (χ2n) is 1.35. The van der Waals surface area contributed by atoms with Crippen molar-refractivity contribution in [2.24, 2.45) is 4.99 Å². The summed E-state index contributed by atoms with van der Waals surface area (Å²) in [5.41, 5.74) is 0. The van der Waals surface area contributed by atoms with Gasteiger partial charge in [0.15, 0.2) is 0 Å². The van der Waals surface area contributed by atoms with Gasteiger partial charge in [0, 0.05) is 0 Å². The number of halogens is 1. The third-order valence-corrected chi connectivity index (χ3v) is 2.81. The molecular weight excluding hydrogens is 213 g/mol. The van der Waals surface area contributed by atoms with E-state index in [1.54, 1.807) is 7.05 Å². The summed E-state index contributed by atoms with van der Waals surface area (Å²) in [6, 6.07) is 0. The molecule has 0 fully saturated rings. The van der Waals surface area contributed by atoms with Crippen molar-refractivity contribution in [3.63, 3.8) is 0 Å². The zero-order valence-corrected chi connectivity index (χ0v) is 7.64. The Hall–Kier alpha value is 0.140. The van der Waals surface area contributed by atoms with Gasteiger partial charge in [-0.3, -0.25) is 0 Å². The summed E-state index contributed by atoms with van der Waals surface area (Å²) >= 11 is 0.302. The maximum atomic E-state index is 3.84. The summed E-state index contributed by atoms with van der Waals surface area (Å²) in [6.45, 7) is 2.15. The van der Waals surface area contributed by atoms with Crippen molar-refractivity contribution in [2.75, 3.05) is 12.0 Å². The van der Waals surface area contributed by atoms with E-state index in [1.165, 1.54) is 3.58 Å². The van der Waals surface area contributed by atoms with E-state index in [0.717, 1.165) is 0 Å². The Morgan fingerprint density at radius 1 is 1.62 bits per heavy atom. The van der Waals surface area contributed by atoms with Crippen LogP contribution in [0.2, 0.25) is 0 Å². The first-order valence-electron chi connectivity index (χ1n) is 2.39. The molecule has 0 atom stereocenters. The van der Waals surface area contributed by atoms with Crippen molar-refractivity contribution in [2.45, 2.75) is 6.92 Å². The van der Waals surface area contributed by atoms with E-state index in [2.05, 4.69) is 22.9 Å². The molecule has 1 nitrogen and oxygen atoms in total. The fraction of sp³-hybridized carbons (Fsp3) is 0.500. The molecule has 0 aliphatic heterocycles. The molecule has 0 aliphatic carbocycles. The molecule has 0 aliphatic rings. The number of nitrogens with zero attached hydrogens (tertiary/aromatic N) is 1. The van der Waals surface area contributed by atoms with E-state index in [1.807, 2.05) is 6.21 Å². The van der Waals surface area contributed by atoms with Gasteiger partial charge >= 0.3 is 61.0 Å². The standard InChI is InChI=1S/C6H11IN/c1-6(7-2)4-5-8-3/h4-5H,1-3H3/q-1/b6-4+,8-5?. The molecule has 0 aromatic heterocycles. The summed E-state index contributed by atoms with van der Waals surface area (Å²) in [4.78, 5) is 6.08. The number of hydrogen-bond acceptors (Lipinski definition) is 1. The maximum absolute atomic E-state index is 3.84. The topological polar surface area (TPSA) is 12.4 Å². The Morgan fingerprint density at radius 2 is 2.25 bits per heavy atom. The molecule has 8 heavy (non-hydrogen) atoms. The average Bonchev–Trinajstić information content (AvgIpc) is 1.83. The summed E-state index contributed by atoms with van der Waals surface area (Å²) in [6.07, 6.45) is 3.92. The van der Waals surface area contributed by atoms with Gasteiger partial charge in [-0.15, -0.1) is 0 Å². The first-order valence-corrected chi connectivity index (χ1v) is 5.63. The molecular formula is C6H11IN-. The molecule has 0 saturated carbocycles. The molecule has 0 heterocycles. The zero-order chi connectivity index (χ0) is 6.41. The first-order chi connectivity index (χ1) is 3.81. The first kappa shape index (κ1) is 8.14. The third-order valence-electron chi connectivity index (χ3n) is 0.751.